The van der Waals surface area contributed by atoms with Crippen molar-refractivity contribution in [2.75, 3.05) is 5.01 Å². The van der Waals surface area contributed by atoms with Crippen LogP contribution in [0.3, 0.4) is 0 Å². The molecule has 7 aromatic carbocycles. The van der Waals surface area contributed by atoms with Gasteiger partial charge in [0.2, 0.25) is 0 Å². The van der Waals surface area contributed by atoms with Crippen molar-refractivity contribution in [3.63, 3.8) is 0 Å². The third-order valence-corrected chi connectivity index (χ3v) is 7.71. The quantitative estimate of drug-likeness (QED) is 0.213. The van der Waals surface area contributed by atoms with Crippen LogP contribution in [0.4, 0.5) is 11.4 Å². The Balaban J connectivity index is 0.00000130. The van der Waals surface area contributed by atoms with Gasteiger partial charge in [-0.1, -0.05) is 117 Å². The molecule has 0 bridgehead atoms. The van der Waals surface area contributed by atoms with Crippen LogP contribution >= 0.6 is 0 Å². The fourth-order valence-electron chi connectivity index (χ4n) is 6.00. The van der Waals surface area contributed by atoms with Crippen LogP contribution in [0.25, 0.3) is 54.1 Å². The van der Waals surface area contributed by atoms with Crippen LogP contribution < -0.4 is 5.01 Å². The molecule has 8 rings (SSSR count). The lowest BCUT2D eigenvalue weighted by Gasteiger charge is -2.28. The van der Waals surface area contributed by atoms with Gasteiger partial charge in [-0.2, -0.15) is 0 Å². The van der Waals surface area contributed by atoms with E-state index in [4.69, 9.17) is 0 Å². The number of aromatic nitrogens is 1. The Morgan fingerprint density at radius 1 is 0.375 bits per heavy atom. The first-order valence-corrected chi connectivity index (χ1v) is 14.0. The Kier molecular flexibility index (Phi) is 5.94. The minimum atomic E-state index is 1.12. The summed E-state index contributed by atoms with van der Waals surface area (Å²) in [6, 6.07) is 52.5. The highest BCUT2D eigenvalue weighted by atomic mass is 15.6. The largest absolute Gasteiger partial charge is 0.249 e. The number of para-hydroxylation sites is 3. The number of anilines is 2. The molecule has 40 heavy (non-hydrogen) atoms. The fourth-order valence-corrected chi connectivity index (χ4v) is 6.00. The normalized spacial score (nSPS) is 11.2. The van der Waals surface area contributed by atoms with E-state index in [2.05, 4.69) is 155 Å². The zero-order valence-electron chi connectivity index (χ0n) is 22.8. The molecular formula is C38H30N2. The summed E-state index contributed by atoms with van der Waals surface area (Å²) in [5.41, 5.74) is 4.60. The van der Waals surface area contributed by atoms with Gasteiger partial charge in [-0.15, -0.1) is 0 Å². The topological polar surface area (TPSA) is 8.17 Å². The number of nitrogens with zero attached hydrogens (tertiary/aromatic N) is 2. The highest BCUT2D eigenvalue weighted by Gasteiger charge is 2.20. The molecule has 0 spiro atoms. The number of fused-ring (bicyclic) bond motifs is 8. The molecule has 0 aliphatic rings. The average Bonchev–Trinajstić information content (AvgIpc) is 3.35. The molecule has 2 heteroatoms. The third kappa shape index (κ3) is 3.72. The second kappa shape index (κ2) is 9.91. The molecular weight excluding hydrogens is 484 g/mol. The summed E-state index contributed by atoms with van der Waals surface area (Å²) in [6.07, 6.45) is 0. The molecule has 0 saturated carbocycles. The van der Waals surface area contributed by atoms with Crippen molar-refractivity contribution in [3.8, 4) is 0 Å². The fraction of sp³-hybridized carbons (Fsp3) is 0.0526. The van der Waals surface area contributed by atoms with Crippen molar-refractivity contribution >= 4 is 65.5 Å². The van der Waals surface area contributed by atoms with Gasteiger partial charge in [0.15, 0.2) is 0 Å². The summed E-state index contributed by atoms with van der Waals surface area (Å²) in [4.78, 5) is 0. The van der Waals surface area contributed by atoms with Crippen molar-refractivity contribution in [1.82, 2.24) is 4.68 Å². The lowest BCUT2D eigenvalue weighted by molar-refractivity contribution is 0.887. The van der Waals surface area contributed by atoms with Crippen molar-refractivity contribution < 1.29 is 0 Å². The Morgan fingerprint density at radius 2 is 0.925 bits per heavy atom. The average molecular weight is 515 g/mol. The zero-order valence-corrected chi connectivity index (χ0v) is 22.8. The van der Waals surface area contributed by atoms with Gasteiger partial charge >= 0.3 is 0 Å². The standard InChI is InChI=1S/C36H24N2.C2H6/c1-3-12-27(13-4-1)37(28-14-5-2-6-15-28)38-35-18-10-9-17-32(35)34-24-33-26(23-36(34)38)20-22-30-29-16-8-7-11-25(29)19-21-31(30)33;1-2/h1-24H;1-2H3. The molecule has 1 heterocycles. The van der Waals surface area contributed by atoms with Gasteiger partial charge in [0.25, 0.3) is 0 Å². The van der Waals surface area contributed by atoms with Crippen molar-refractivity contribution in [2.45, 2.75) is 13.8 Å². The Labute approximate surface area is 234 Å². The highest BCUT2D eigenvalue weighted by molar-refractivity contribution is 6.22. The Hall–Kier alpha value is -5.08. The van der Waals surface area contributed by atoms with E-state index in [9.17, 15) is 0 Å². The molecule has 0 fully saturated rings. The van der Waals surface area contributed by atoms with Crippen LogP contribution in [0.5, 0.6) is 0 Å². The summed E-state index contributed by atoms with van der Waals surface area (Å²) < 4.78 is 2.37. The summed E-state index contributed by atoms with van der Waals surface area (Å²) in [5.74, 6) is 0. The summed E-state index contributed by atoms with van der Waals surface area (Å²) >= 11 is 0. The minimum Gasteiger partial charge on any atom is -0.249 e. The maximum atomic E-state index is 2.40. The molecule has 2 nitrogen and oxygen atoms in total. The van der Waals surface area contributed by atoms with Crippen molar-refractivity contribution in [2.24, 2.45) is 0 Å². The van der Waals surface area contributed by atoms with Crippen LogP contribution in [0, 0.1) is 0 Å². The van der Waals surface area contributed by atoms with E-state index in [0.717, 1.165) is 11.4 Å². The monoisotopic (exact) mass is 514 g/mol. The molecule has 0 amide bonds. The zero-order chi connectivity index (χ0) is 27.1. The molecule has 0 N–H and O–H groups in total. The number of hydrogen-bond donors (Lipinski definition) is 0. The van der Waals surface area contributed by atoms with E-state index in [-0.39, 0.29) is 0 Å². The van der Waals surface area contributed by atoms with E-state index in [1.807, 2.05) is 13.8 Å². The lowest BCUT2D eigenvalue weighted by atomic mass is 9.96. The lowest BCUT2D eigenvalue weighted by Crippen LogP contribution is -2.23. The maximum Gasteiger partial charge on any atom is 0.0722 e. The first kappa shape index (κ1) is 24.0. The summed E-state index contributed by atoms with van der Waals surface area (Å²) in [7, 11) is 0. The second-order valence-corrected chi connectivity index (χ2v) is 9.85. The molecule has 0 aliphatic heterocycles. The van der Waals surface area contributed by atoms with Crippen LogP contribution in [-0.2, 0) is 0 Å². The minimum absolute atomic E-state index is 1.12. The maximum absolute atomic E-state index is 2.40. The van der Waals surface area contributed by atoms with E-state index < -0.39 is 0 Å². The predicted molar refractivity (Wildman–Crippen MR) is 174 cm³/mol. The van der Waals surface area contributed by atoms with Crippen molar-refractivity contribution in [1.29, 1.82) is 0 Å². The van der Waals surface area contributed by atoms with Gasteiger partial charge in [0.1, 0.15) is 0 Å². The van der Waals surface area contributed by atoms with E-state index in [1.165, 1.54) is 54.1 Å². The second-order valence-electron chi connectivity index (χ2n) is 9.85. The summed E-state index contributed by atoms with van der Waals surface area (Å²) in [5, 5.41) is 12.5. The molecule has 0 saturated heterocycles. The molecule has 1 aromatic heterocycles. The molecule has 0 aliphatic carbocycles. The molecule has 0 radical (unpaired) electrons. The Morgan fingerprint density at radius 3 is 1.62 bits per heavy atom. The SMILES string of the molecule is CC.c1ccc(N(c2ccccc2)n2c3ccccc3c3cc4c(ccc5c6ccccc6ccc45)cc32)cc1. The van der Waals surface area contributed by atoms with Crippen LogP contribution in [0.1, 0.15) is 13.8 Å². The molecule has 8 aromatic rings. The van der Waals surface area contributed by atoms with Gasteiger partial charge in [-0.3, -0.25) is 0 Å². The van der Waals surface area contributed by atoms with Crippen LogP contribution in [0.2, 0.25) is 0 Å². The third-order valence-electron chi connectivity index (χ3n) is 7.71. The summed E-state index contributed by atoms with van der Waals surface area (Å²) in [6.45, 7) is 4.00. The predicted octanol–water partition coefficient (Wildman–Crippen LogP) is 10.9. The smallest absolute Gasteiger partial charge is 0.0722 e. The molecule has 192 valence electrons. The number of benzene rings is 7. The van der Waals surface area contributed by atoms with Crippen molar-refractivity contribution in [3.05, 3.63) is 146 Å². The Bertz CT molecular complexity index is 2080. The first-order chi connectivity index (χ1) is 19.9. The van der Waals surface area contributed by atoms with Gasteiger partial charge in [0, 0.05) is 10.8 Å². The van der Waals surface area contributed by atoms with E-state index in [1.54, 1.807) is 0 Å². The van der Waals surface area contributed by atoms with E-state index in [0.29, 0.717) is 0 Å². The molecule has 0 unspecified atom stereocenters. The molecule has 0 atom stereocenters. The highest BCUT2D eigenvalue weighted by Crippen LogP contribution is 2.39. The van der Waals surface area contributed by atoms with Crippen LogP contribution in [0.15, 0.2) is 146 Å². The van der Waals surface area contributed by atoms with Crippen LogP contribution in [-0.4, -0.2) is 4.68 Å². The number of rotatable bonds is 3. The van der Waals surface area contributed by atoms with Gasteiger partial charge in [-0.05, 0) is 74.8 Å². The first-order valence-electron chi connectivity index (χ1n) is 14.0. The van der Waals surface area contributed by atoms with Gasteiger partial charge in [0.05, 0.1) is 22.4 Å². The van der Waals surface area contributed by atoms with Gasteiger partial charge in [-0.25, -0.2) is 9.69 Å². The van der Waals surface area contributed by atoms with E-state index >= 15 is 0 Å². The number of hydrogen-bond acceptors (Lipinski definition) is 1. The van der Waals surface area contributed by atoms with Gasteiger partial charge < -0.3 is 0 Å².